The molecule has 2 N–H and O–H groups in total. The predicted octanol–water partition coefficient (Wildman–Crippen LogP) is 3.17. The molecule has 3 rings (SSSR count). The van der Waals surface area contributed by atoms with Crippen LogP contribution >= 0.6 is 24.0 Å². The summed E-state index contributed by atoms with van der Waals surface area (Å²) in [6.45, 7) is 0.915. The highest BCUT2D eigenvalue weighted by Crippen LogP contribution is 2.44. The summed E-state index contributed by atoms with van der Waals surface area (Å²) in [6.07, 6.45) is 7.29. The van der Waals surface area contributed by atoms with Crippen LogP contribution < -0.4 is 10.6 Å². The van der Waals surface area contributed by atoms with Gasteiger partial charge in [-0.05, 0) is 55.4 Å². The number of thiocarbonyl (C=S) groups is 1. The Morgan fingerprint density at radius 3 is 3.05 bits per heavy atom. The molecule has 20 heavy (non-hydrogen) atoms. The number of rotatable bonds is 6. The monoisotopic (exact) mass is 310 g/mol. The van der Waals surface area contributed by atoms with E-state index >= 15 is 0 Å². The van der Waals surface area contributed by atoms with Gasteiger partial charge in [0, 0.05) is 18.3 Å². The van der Waals surface area contributed by atoms with Crippen LogP contribution in [-0.2, 0) is 5.75 Å². The van der Waals surface area contributed by atoms with Gasteiger partial charge in [-0.3, -0.25) is 0 Å². The fourth-order valence-electron chi connectivity index (χ4n) is 3.45. The Labute approximate surface area is 130 Å². The fourth-order valence-corrected chi connectivity index (χ4v) is 4.45. The summed E-state index contributed by atoms with van der Waals surface area (Å²) < 4.78 is 5.30. The van der Waals surface area contributed by atoms with Crippen molar-refractivity contribution in [2.45, 2.75) is 37.5 Å². The first-order chi connectivity index (χ1) is 9.81. The number of hydrogen-bond acceptors (Lipinski definition) is 3. The zero-order valence-electron chi connectivity index (χ0n) is 11.6. The van der Waals surface area contributed by atoms with Crippen molar-refractivity contribution in [2.75, 3.05) is 12.3 Å². The smallest absolute Gasteiger partial charge is 0.166 e. The maximum Gasteiger partial charge on any atom is 0.166 e. The van der Waals surface area contributed by atoms with Crippen molar-refractivity contribution in [3.63, 3.8) is 0 Å². The third kappa shape index (κ3) is 3.70. The quantitative estimate of drug-likeness (QED) is 0.623. The van der Waals surface area contributed by atoms with Crippen LogP contribution in [0.15, 0.2) is 22.8 Å². The largest absolute Gasteiger partial charge is 0.468 e. The predicted molar refractivity (Wildman–Crippen MR) is 87.8 cm³/mol. The van der Waals surface area contributed by atoms with Crippen molar-refractivity contribution in [1.82, 2.24) is 10.6 Å². The molecule has 0 aliphatic heterocycles. The van der Waals surface area contributed by atoms with E-state index in [0.717, 1.165) is 40.8 Å². The minimum absolute atomic E-state index is 0.629. The second kappa shape index (κ2) is 6.85. The molecule has 110 valence electrons. The Balaban J connectivity index is 1.26. The molecule has 5 heteroatoms. The highest BCUT2D eigenvalue weighted by atomic mass is 32.2. The van der Waals surface area contributed by atoms with Gasteiger partial charge >= 0.3 is 0 Å². The van der Waals surface area contributed by atoms with Gasteiger partial charge in [-0.2, -0.15) is 11.8 Å². The van der Waals surface area contributed by atoms with E-state index in [1.165, 1.54) is 25.7 Å². The minimum atomic E-state index is 0.629. The number of thioether (sulfide) groups is 1. The third-order valence-corrected chi connectivity index (χ3v) is 5.65. The van der Waals surface area contributed by atoms with Crippen LogP contribution in [0.2, 0.25) is 0 Å². The Hall–Kier alpha value is -0.680. The van der Waals surface area contributed by atoms with E-state index in [1.807, 2.05) is 23.9 Å². The van der Waals surface area contributed by atoms with Crippen molar-refractivity contribution in [1.29, 1.82) is 0 Å². The van der Waals surface area contributed by atoms with Crippen molar-refractivity contribution in [2.24, 2.45) is 11.8 Å². The van der Waals surface area contributed by atoms with E-state index in [0.29, 0.717) is 6.04 Å². The Morgan fingerprint density at radius 2 is 2.35 bits per heavy atom. The highest BCUT2D eigenvalue weighted by Gasteiger charge is 2.39. The maximum atomic E-state index is 5.39. The normalized spacial score (nSPS) is 27.7. The van der Waals surface area contributed by atoms with Crippen LogP contribution in [0.25, 0.3) is 0 Å². The Bertz CT molecular complexity index is 435. The van der Waals surface area contributed by atoms with Crippen LogP contribution in [0.5, 0.6) is 0 Å². The average molecular weight is 310 g/mol. The van der Waals surface area contributed by atoms with Gasteiger partial charge in [-0.1, -0.05) is 6.42 Å². The summed E-state index contributed by atoms with van der Waals surface area (Å²) in [4.78, 5) is 0. The average Bonchev–Trinajstić information content (AvgIpc) is 3.15. The molecule has 3 nitrogen and oxygen atoms in total. The van der Waals surface area contributed by atoms with Crippen LogP contribution in [0.1, 0.15) is 31.4 Å². The molecular weight excluding hydrogens is 288 g/mol. The van der Waals surface area contributed by atoms with Crippen LogP contribution in [0.4, 0.5) is 0 Å². The highest BCUT2D eigenvalue weighted by molar-refractivity contribution is 7.98. The SMILES string of the molecule is S=C(NCCSCc1ccco1)N[C@@H]1C[C@H]2CC[C@H]1C2. The van der Waals surface area contributed by atoms with Gasteiger partial charge in [0.05, 0.1) is 12.0 Å². The molecule has 2 saturated carbocycles. The van der Waals surface area contributed by atoms with Crippen molar-refractivity contribution in [3.05, 3.63) is 24.2 Å². The van der Waals surface area contributed by atoms with E-state index in [1.54, 1.807) is 6.26 Å². The Kier molecular flexibility index (Phi) is 4.89. The molecule has 1 aromatic heterocycles. The summed E-state index contributed by atoms with van der Waals surface area (Å²) in [5, 5.41) is 7.66. The van der Waals surface area contributed by atoms with E-state index in [4.69, 9.17) is 16.6 Å². The van der Waals surface area contributed by atoms with Crippen molar-refractivity contribution in [3.8, 4) is 0 Å². The summed E-state index contributed by atoms with van der Waals surface area (Å²) >= 11 is 7.25. The minimum Gasteiger partial charge on any atom is -0.468 e. The van der Waals surface area contributed by atoms with Gasteiger partial charge in [0.1, 0.15) is 5.76 Å². The molecule has 0 radical (unpaired) electrons. The van der Waals surface area contributed by atoms with E-state index in [2.05, 4.69) is 10.6 Å². The zero-order valence-corrected chi connectivity index (χ0v) is 13.3. The first kappa shape index (κ1) is 14.3. The number of hydrogen-bond donors (Lipinski definition) is 2. The standard InChI is InChI=1S/C15H22N2OS2/c19-15(17-14-9-11-3-4-12(14)8-11)16-5-7-20-10-13-2-1-6-18-13/h1-2,6,11-12,14H,3-5,7-10H2,(H2,16,17,19)/t11-,12-,14+/m0/s1. The molecule has 2 bridgehead atoms. The zero-order chi connectivity index (χ0) is 13.8. The van der Waals surface area contributed by atoms with Crippen LogP contribution in [0, 0.1) is 11.8 Å². The third-order valence-electron chi connectivity index (χ3n) is 4.41. The summed E-state index contributed by atoms with van der Waals surface area (Å²) in [6, 6.07) is 4.58. The summed E-state index contributed by atoms with van der Waals surface area (Å²) in [5.74, 6) is 4.84. The van der Waals surface area contributed by atoms with E-state index < -0.39 is 0 Å². The lowest BCUT2D eigenvalue weighted by molar-refractivity contribution is 0.389. The van der Waals surface area contributed by atoms with Gasteiger partial charge in [0.2, 0.25) is 0 Å². The molecule has 1 heterocycles. The first-order valence-corrected chi connectivity index (χ1v) is 9.02. The van der Waals surface area contributed by atoms with E-state index in [-0.39, 0.29) is 0 Å². The van der Waals surface area contributed by atoms with Gasteiger partial charge in [-0.25, -0.2) is 0 Å². The van der Waals surface area contributed by atoms with Gasteiger partial charge in [-0.15, -0.1) is 0 Å². The van der Waals surface area contributed by atoms with Gasteiger partial charge in [0.15, 0.2) is 5.11 Å². The lowest BCUT2D eigenvalue weighted by atomic mass is 9.96. The van der Waals surface area contributed by atoms with Gasteiger partial charge < -0.3 is 15.1 Å². The summed E-state index contributed by atoms with van der Waals surface area (Å²) in [5.41, 5.74) is 0. The van der Waals surface area contributed by atoms with Crippen LogP contribution in [0.3, 0.4) is 0 Å². The lowest BCUT2D eigenvalue weighted by Crippen LogP contribution is -2.44. The number of nitrogens with one attached hydrogen (secondary N) is 2. The number of furan rings is 1. The Morgan fingerprint density at radius 1 is 1.40 bits per heavy atom. The molecule has 0 saturated heterocycles. The molecule has 3 atom stereocenters. The topological polar surface area (TPSA) is 37.2 Å². The molecule has 0 amide bonds. The van der Waals surface area contributed by atoms with Crippen molar-refractivity contribution >= 4 is 29.1 Å². The van der Waals surface area contributed by atoms with Crippen molar-refractivity contribution < 1.29 is 4.42 Å². The van der Waals surface area contributed by atoms with Gasteiger partial charge in [0.25, 0.3) is 0 Å². The number of fused-ring (bicyclic) bond motifs is 2. The first-order valence-electron chi connectivity index (χ1n) is 7.46. The molecule has 2 aliphatic carbocycles. The summed E-state index contributed by atoms with van der Waals surface area (Å²) in [7, 11) is 0. The molecule has 0 spiro atoms. The second-order valence-corrected chi connectivity index (χ2v) is 7.33. The molecule has 2 fully saturated rings. The molecule has 0 aromatic carbocycles. The lowest BCUT2D eigenvalue weighted by Gasteiger charge is -2.24. The fraction of sp³-hybridized carbons (Fsp3) is 0.667. The van der Waals surface area contributed by atoms with E-state index in [9.17, 15) is 0 Å². The molecule has 2 aliphatic rings. The molecule has 0 unspecified atom stereocenters. The second-order valence-electron chi connectivity index (χ2n) is 5.81. The maximum absolute atomic E-state index is 5.39. The molecule has 1 aromatic rings. The van der Waals surface area contributed by atoms with Crippen LogP contribution in [-0.4, -0.2) is 23.5 Å². The molecular formula is C15H22N2OS2.